The summed E-state index contributed by atoms with van der Waals surface area (Å²) in [5.74, 6) is -1.67. The highest BCUT2D eigenvalue weighted by Crippen LogP contribution is 2.45. The largest absolute Gasteiger partial charge is 0.513 e. The number of carboxylic acid groups (broad SMARTS) is 1. The van der Waals surface area contributed by atoms with E-state index < -0.39 is 17.1 Å². The van der Waals surface area contributed by atoms with Crippen molar-refractivity contribution in [1.29, 1.82) is 0 Å². The minimum Gasteiger partial charge on any atom is -0.513 e. The molecule has 0 spiro atoms. The van der Waals surface area contributed by atoms with E-state index in [2.05, 4.69) is 28.6 Å². The Kier molecular flexibility index (Phi) is 6.13. The minimum absolute atomic E-state index is 0.0786. The Morgan fingerprint density at radius 2 is 1.94 bits per heavy atom. The van der Waals surface area contributed by atoms with E-state index in [9.17, 15) is 14.3 Å². The highest BCUT2D eigenvalue weighted by molar-refractivity contribution is 6.58. The number of pyridine rings is 1. The molecular formula is C25H24B3FN4O3. The third-order valence-electron chi connectivity index (χ3n) is 6.91. The van der Waals surface area contributed by atoms with Crippen LogP contribution in [0.4, 0.5) is 4.39 Å². The number of H-pyrrole nitrogens is 1. The van der Waals surface area contributed by atoms with Crippen LogP contribution in [-0.4, -0.2) is 59.7 Å². The Labute approximate surface area is 212 Å². The lowest BCUT2D eigenvalue weighted by molar-refractivity contribution is -0.142. The fourth-order valence-corrected chi connectivity index (χ4v) is 5.39. The smallest absolute Gasteiger partial charge is 0.306 e. The van der Waals surface area contributed by atoms with Crippen molar-refractivity contribution in [3.05, 3.63) is 47.5 Å². The number of carbonyl (C=O) groups is 1. The van der Waals surface area contributed by atoms with Gasteiger partial charge in [0, 0.05) is 28.4 Å². The first-order chi connectivity index (χ1) is 17.0. The number of aromatic nitrogens is 4. The Morgan fingerprint density at radius 3 is 2.58 bits per heavy atom. The lowest BCUT2D eigenvalue weighted by Crippen LogP contribution is -2.37. The number of hydrogen-bond donors (Lipinski definition) is 2. The maximum atomic E-state index is 14.6. The molecule has 1 saturated carbocycles. The van der Waals surface area contributed by atoms with Gasteiger partial charge in [0.15, 0.2) is 17.2 Å². The van der Waals surface area contributed by atoms with Gasteiger partial charge in [-0.25, -0.2) is 9.37 Å². The van der Waals surface area contributed by atoms with E-state index in [1.807, 2.05) is 6.07 Å². The van der Waals surface area contributed by atoms with Crippen molar-refractivity contribution in [2.45, 2.75) is 56.7 Å². The van der Waals surface area contributed by atoms with Gasteiger partial charge in [-0.15, -0.1) is 0 Å². The van der Waals surface area contributed by atoms with Crippen LogP contribution in [0.2, 0.25) is 0 Å². The van der Waals surface area contributed by atoms with Crippen LogP contribution >= 0.6 is 0 Å². The molecule has 2 N–H and O–H groups in total. The van der Waals surface area contributed by atoms with E-state index in [-0.39, 0.29) is 23.5 Å². The van der Waals surface area contributed by atoms with Crippen molar-refractivity contribution in [1.82, 2.24) is 19.7 Å². The molecule has 1 fully saturated rings. The molecule has 0 bridgehead atoms. The van der Waals surface area contributed by atoms with Crippen molar-refractivity contribution >= 4 is 51.6 Å². The van der Waals surface area contributed by atoms with Gasteiger partial charge in [-0.3, -0.25) is 9.89 Å². The number of hydrogen-bond acceptors (Lipinski definition) is 4. The van der Waals surface area contributed by atoms with E-state index in [1.54, 1.807) is 12.3 Å². The molecule has 6 radical (unpaired) electrons. The van der Waals surface area contributed by atoms with Crippen molar-refractivity contribution in [2.24, 2.45) is 5.92 Å². The number of nitrogens with one attached hydrogen (secondary N) is 1. The monoisotopic (exact) mass is 480 g/mol. The molecule has 0 amide bonds. The second-order valence-electron chi connectivity index (χ2n) is 9.91. The average Bonchev–Trinajstić information content (AvgIpc) is 3.40. The summed E-state index contributed by atoms with van der Waals surface area (Å²) < 4.78 is 21.9. The number of nitrogens with zero attached hydrogens (tertiary/aromatic N) is 3. The number of aromatic amines is 1. The minimum atomic E-state index is -2.04. The van der Waals surface area contributed by atoms with Gasteiger partial charge in [-0.05, 0) is 61.0 Å². The first-order valence-electron chi connectivity index (χ1n) is 12.0. The van der Waals surface area contributed by atoms with E-state index in [0.29, 0.717) is 24.2 Å². The second kappa shape index (κ2) is 9.02. The molecule has 5 rings (SSSR count). The highest BCUT2D eigenvalue weighted by atomic mass is 19.1. The molecule has 178 valence electrons. The Morgan fingerprint density at radius 1 is 1.22 bits per heavy atom. The number of rotatable bonds is 6. The fraction of sp³-hybridized carbons (Fsp3) is 0.400. The molecule has 0 aliphatic heterocycles. The zero-order valence-corrected chi connectivity index (χ0v) is 20.2. The Balaban J connectivity index is 1.75. The summed E-state index contributed by atoms with van der Waals surface area (Å²) in [6, 6.07) is 6.46. The maximum absolute atomic E-state index is 14.6. The van der Waals surface area contributed by atoms with Crippen LogP contribution in [0.3, 0.4) is 0 Å². The number of carboxylic acids is 1. The summed E-state index contributed by atoms with van der Waals surface area (Å²) in [4.78, 5) is 16.5. The van der Waals surface area contributed by atoms with Crippen LogP contribution in [0.25, 0.3) is 27.8 Å². The van der Waals surface area contributed by atoms with Crippen molar-refractivity contribution in [3.63, 3.8) is 0 Å². The molecule has 11 heteroatoms. The van der Waals surface area contributed by atoms with Crippen LogP contribution in [0.15, 0.2) is 30.5 Å². The average molecular weight is 480 g/mol. The van der Waals surface area contributed by atoms with Gasteiger partial charge in [0.2, 0.25) is 0 Å². The predicted octanol–water partition coefficient (Wildman–Crippen LogP) is 4.02. The lowest BCUT2D eigenvalue weighted by atomic mass is 9.52. The molecule has 3 aromatic heterocycles. The maximum Gasteiger partial charge on any atom is 0.306 e. The van der Waals surface area contributed by atoms with Crippen molar-refractivity contribution in [2.75, 3.05) is 0 Å². The summed E-state index contributed by atoms with van der Waals surface area (Å²) in [6.45, 7) is 4.19. The lowest BCUT2D eigenvalue weighted by Gasteiger charge is -2.28. The molecule has 1 aliphatic carbocycles. The molecule has 1 aliphatic rings. The summed E-state index contributed by atoms with van der Waals surface area (Å²) >= 11 is 0. The van der Waals surface area contributed by atoms with Crippen LogP contribution in [0.5, 0.6) is 5.75 Å². The molecule has 3 heterocycles. The molecular weight excluding hydrogens is 456 g/mol. The molecule has 7 nitrogen and oxygen atoms in total. The van der Waals surface area contributed by atoms with Crippen molar-refractivity contribution < 1.29 is 19.0 Å². The van der Waals surface area contributed by atoms with E-state index in [4.69, 9.17) is 33.3 Å². The Bertz CT molecular complexity index is 1450. The van der Waals surface area contributed by atoms with Crippen LogP contribution in [0.1, 0.15) is 62.6 Å². The van der Waals surface area contributed by atoms with E-state index in [0.717, 1.165) is 40.5 Å². The Hall–Kier alpha value is -3.23. The standard InChI is InChI=1S/C25H24B3FN4O3/c1-12(2)22-20(13-3-5-14(6-4-13)24(34)35)21-18(9-15-11-30-32-23(15)31-21)33(22)16-7-8-17(29)19(10-16)36-25(26,27)28/h7-14H,3-6H2,1-2H3,(H,34,35)(H,30,31,32). The highest BCUT2D eigenvalue weighted by Gasteiger charge is 2.33. The normalized spacial score (nSPS) is 18.8. The molecule has 4 aromatic rings. The van der Waals surface area contributed by atoms with Gasteiger partial charge in [-0.2, -0.15) is 5.10 Å². The molecule has 0 saturated heterocycles. The van der Waals surface area contributed by atoms with Crippen LogP contribution in [0, 0.1) is 11.7 Å². The first-order valence-corrected chi connectivity index (χ1v) is 12.0. The quantitative estimate of drug-likeness (QED) is 0.407. The van der Waals surface area contributed by atoms with Crippen molar-refractivity contribution in [3.8, 4) is 11.4 Å². The predicted molar refractivity (Wildman–Crippen MR) is 138 cm³/mol. The summed E-state index contributed by atoms with van der Waals surface area (Å²) in [6.07, 6.45) is 4.41. The molecule has 1 aromatic carbocycles. The van der Waals surface area contributed by atoms with Gasteiger partial charge < -0.3 is 14.4 Å². The van der Waals surface area contributed by atoms with Gasteiger partial charge in [0.1, 0.15) is 23.5 Å². The summed E-state index contributed by atoms with van der Waals surface area (Å²) in [5, 5.41) is 15.4. The molecule has 0 atom stereocenters. The SMILES string of the molecule is [B]C([B])([B])Oc1cc(-n2c(C(C)C)c(C3CCC(C(=O)O)CC3)c3nc4[nH]ncc4cc32)ccc1F. The number of benzene rings is 1. The third kappa shape index (κ3) is 4.40. The van der Waals surface area contributed by atoms with Crippen LogP contribution < -0.4 is 4.74 Å². The van der Waals surface area contributed by atoms with Gasteiger partial charge in [0.25, 0.3) is 0 Å². The zero-order valence-electron chi connectivity index (χ0n) is 20.2. The van der Waals surface area contributed by atoms with Gasteiger partial charge in [0.05, 0.1) is 23.1 Å². The second-order valence-corrected chi connectivity index (χ2v) is 9.91. The number of ether oxygens (including phenoxy) is 1. The third-order valence-corrected chi connectivity index (χ3v) is 6.91. The topological polar surface area (TPSA) is 93.0 Å². The number of aliphatic carboxylic acids is 1. The fourth-order valence-electron chi connectivity index (χ4n) is 5.39. The van der Waals surface area contributed by atoms with Gasteiger partial charge >= 0.3 is 5.97 Å². The molecule has 0 unspecified atom stereocenters. The first kappa shape index (κ1) is 24.5. The molecule has 36 heavy (non-hydrogen) atoms. The van der Waals surface area contributed by atoms with Crippen LogP contribution in [-0.2, 0) is 4.79 Å². The number of halogens is 1. The summed E-state index contributed by atoms with van der Waals surface area (Å²) in [7, 11) is 16.7. The van der Waals surface area contributed by atoms with E-state index >= 15 is 0 Å². The van der Waals surface area contributed by atoms with E-state index in [1.165, 1.54) is 12.1 Å². The zero-order chi connectivity index (χ0) is 25.8. The number of fused-ring (bicyclic) bond motifs is 2. The summed E-state index contributed by atoms with van der Waals surface area (Å²) in [5.41, 5.74) is 5.05. The van der Waals surface area contributed by atoms with Gasteiger partial charge in [-0.1, -0.05) is 13.8 Å².